The monoisotopic (exact) mass is 334 g/mol. The maximum atomic E-state index is 12.2. The van der Waals surface area contributed by atoms with Gasteiger partial charge in [-0.2, -0.15) is 0 Å². The van der Waals surface area contributed by atoms with E-state index in [0.29, 0.717) is 23.1 Å². The van der Waals surface area contributed by atoms with Crippen LogP contribution in [-0.4, -0.2) is 35.2 Å². The molecule has 1 heterocycles. The molecule has 1 saturated heterocycles. The first-order valence-electron chi connectivity index (χ1n) is 6.88. The minimum absolute atomic E-state index is 0. The molecule has 120 valence electrons. The average molecular weight is 335 g/mol. The van der Waals surface area contributed by atoms with Crippen molar-refractivity contribution < 1.29 is 13.2 Å². The van der Waals surface area contributed by atoms with Crippen molar-refractivity contribution in [2.75, 3.05) is 26.7 Å². The zero-order chi connectivity index (χ0) is 14.6. The molecular weight excluding hydrogens is 312 g/mol. The van der Waals surface area contributed by atoms with Crippen LogP contribution >= 0.6 is 12.4 Å². The first-order chi connectivity index (χ1) is 9.53. The van der Waals surface area contributed by atoms with Crippen molar-refractivity contribution in [2.24, 2.45) is 5.92 Å². The molecule has 2 rings (SSSR count). The van der Waals surface area contributed by atoms with E-state index in [-0.39, 0.29) is 12.4 Å². The van der Waals surface area contributed by atoms with Gasteiger partial charge in [-0.05, 0) is 62.5 Å². The Hall–Kier alpha value is -0.820. The fraction of sp³-hybridized carbons (Fsp3) is 0.571. The van der Waals surface area contributed by atoms with E-state index >= 15 is 0 Å². The van der Waals surface area contributed by atoms with Gasteiger partial charge in [-0.15, -0.1) is 12.4 Å². The van der Waals surface area contributed by atoms with E-state index in [4.69, 9.17) is 4.74 Å². The summed E-state index contributed by atoms with van der Waals surface area (Å²) in [5.74, 6) is 1.27. The minimum atomic E-state index is -3.43. The molecule has 0 bridgehead atoms. The summed E-state index contributed by atoms with van der Waals surface area (Å²) in [6.07, 6.45) is 2.00. The predicted molar refractivity (Wildman–Crippen MR) is 85.8 cm³/mol. The van der Waals surface area contributed by atoms with Crippen molar-refractivity contribution in [3.8, 4) is 5.75 Å². The highest BCUT2D eigenvalue weighted by molar-refractivity contribution is 7.89. The SMILES string of the molecule is COc1ccc(S(=O)(=O)NCCC2CCNC2)cc1C.Cl. The van der Waals surface area contributed by atoms with Gasteiger partial charge in [0.15, 0.2) is 0 Å². The lowest BCUT2D eigenvalue weighted by Gasteiger charge is -2.11. The molecule has 1 unspecified atom stereocenters. The molecule has 7 heteroatoms. The zero-order valence-corrected chi connectivity index (χ0v) is 14.0. The van der Waals surface area contributed by atoms with Gasteiger partial charge in [0.2, 0.25) is 10.0 Å². The fourth-order valence-electron chi connectivity index (χ4n) is 2.46. The van der Waals surface area contributed by atoms with E-state index < -0.39 is 10.0 Å². The maximum absolute atomic E-state index is 12.2. The third kappa shape index (κ3) is 4.85. The van der Waals surface area contributed by atoms with Gasteiger partial charge in [-0.25, -0.2) is 13.1 Å². The van der Waals surface area contributed by atoms with E-state index in [1.807, 2.05) is 6.92 Å². The smallest absolute Gasteiger partial charge is 0.240 e. The Morgan fingerprint density at radius 2 is 2.19 bits per heavy atom. The second-order valence-electron chi connectivity index (χ2n) is 5.18. The van der Waals surface area contributed by atoms with Gasteiger partial charge in [0.25, 0.3) is 0 Å². The molecule has 1 aromatic rings. The van der Waals surface area contributed by atoms with Gasteiger partial charge in [0.1, 0.15) is 5.75 Å². The molecule has 1 aliphatic rings. The Labute approximate surface area is 132 Å². The summed E-state index contributed by atoms with van der Waals surface area (Å²) in [6.45, 7) is 4.35. The lowest BCUT2D eigenvalue weighted by molar-refractivity contribution is 0.411. The summed E-state index contributed by atoms with van der Waals surface area (Å²) in [5, 5.41) is 3.28. The Kier molecular flexibility index (Phi) is 6.93. The molecular formula is C14H23ClN2O3S. The number of halogens is 1. The molecule has 0 radical (unpaired) electrons. The minimum Gasteiger partial charge on any atom is -0.496 e. The number of hydrogen-bond donors (Lipinski definition) is 2. The Morgan fingerprint density at radius 3 is 2.76 bits per heavy atom. The Morgan fingerprint density at radius 1 is 1.43 bits per heavy atom. The third-order valence-electron chi connectivity index (χ3n) is 3.68. The van der Waals surface area contributed by atoms with E-state index in [1.54, 1.807) is 25.3 Å². The van der Waals surface area contributed by atoms with Crippen LogP contribution in [0.5, 0.6) is 5.75 Å². The van der Waals surface area contributed by atoms with Gasteiger partial charge in [0.05, 0.1) is 12.0 Å². The topological polar surface area (TPSA) is 67.4 Å². The normalized spacial score (nSPS) is 18.3. The first kappa shape index (κ1) is 18.2. The van der Waals surface area contributed by atoms with Gasteiger partial charge in [-0.3, -0.25) is 0 Å². The molecule has 1 aliphatic heterocycles. The summed E-state index contributed by atoms with van der Waals surface area (Å²) >= 11 is 0. The summed E-state index contributed by atoms with van der Waals surface area (Å²) in [4.78, 5) is 0.292. The molecule has 1 fully saturated rings. The predicted octanol–water partition coefficient (Wildman–Crippen LogP) is 1.70. The van der Waals surface area contributed by atoms with Crippen molar-refractivity contribution in [3.05, 3.63) is 23.8 Å². The van der Waals surface area contributed by atoms with Crippen LogP contribution in [0.15, 0.2) is 23.1 Å². The second kappa shape index (κ2) is 7.98. The third-order valence-corrected chi connectivity index (χ3v) is 5.14. The molecule has 0 aromatic heterocycles. The number of ether oxygens (including phenoxy) is 1. The molecule has 5 nitrogen and oxygen atoms in total. The van der Waals surface area contributed by atoms with Gasteiger partial charge in [-0.1, -0.05) is 0 Å². The highest BCUT2D eigenvalue weighted by Gasteiger charge is 2.18. The van der Waals surface area contributed by atoms with E-state index in [2.05, 4.69) is 10.0 Å². The van der Waals surface area contributed by atoms with Gasteiger partial charge in [0, 0.05) is 6.54 Å². The van der Waals surface area contributed by atoms with Crippen molar-refractivity contribution in [1.29, 1.82) is 0 Å². The zero-order valence-electron chi connectivity index (χ0n) is 12.4. The Balaban J connectivity index is 0.00000220. The van der Waals surface area contributed by atoms with Crippen LogP contribution in [0.3, 0.4) is 0 Å². The lowest BCUT2D eigenvalue weighted by atomic mass is 10.1. The highest BCUT2D eigenvalue weighted by atomic mass is 35.5. The van der Waals surface area contributed by atoms with Gasteiger partial charge < -0.3 is 10.1 Å². The fourth-order valence-corrected chi connectivity index (χ4v) is 3.59. The Bertz CT molecular complexity index is 557. The molecule has 0 saturated carbocycles. The summed E-state index contributed by atoms with van der Waals surface area (Å²) < 4.78 is 32.2. The highest BCUT2D eigenvalue weighted by Crippen LogP contribution is 2.21. The van der Waals surface area contributed by atoms with Crippen LogP contribution in [0.25, 0.3) is 0 Å². The largest absolute Gasteiger partial charge is 0.496 e. The molecule has 1 aromatic carbocycles. The van der Waals surface area contributed by atoms with Crippen molar-refractivity contribution in [2.45, 2.75) is 24.7 Å². The summed E-state index contributed by atoms with van der Waals surface area (Å²) in [6, 6.07) is 4.90. The van der Waals surface area contributed by atoms with Crippen LogP contribution in [0.2, 0.25) is 0 Å². The van der Waals surface area contributed by atoms with Gasteiger partial charge >= 0.3 is 0 Å². The summed E-state index contributed by atoms with van der Waals surface area (Å²) in [7, 11) is -1.85. The average Bonchev–Trinajstić information content (AvgIpc) is 2.91. The number of hydrogen-bond acceptors (Lipinski definition) is 4. The van der Waals surface area contributed by atoms with E-state index in [9.17, 15) is 8.42 Å². The van der Waals surface area contributed by atoms with E-state index in [1.165, 1.54) is 0 Å². The number of aryl methyl sites for hydroxylation is 1. The summed E-state index contributed by atoms with van der Waals surface area (Å²) in [5.41, 5.74) is 0.815. The van der Waals surface area contributed by atoms with Crippen LogP contribution in [-0.2, 0) is 10.0 Å². The number of nitrogens with one attached hydrogen (secondary N) is 2. The van der Waals surface area contributed by atoms with Crippen molar-refractivity contribution in [3.63, 3.8) is 0 Å². The van der Waals surface area contributed by atoms with Crippen molar-refractivity contribution in [1.82, 2.24) is 10.0 Å². The standard InChI is InChI=1S/C14H22N2O3S.ClH/c1-11-9-13(3-4-14(11)19-2)20(17,18)16-8-6-12-5-7-15-10-12;/h3-4,9,12,15-16H,5-8,10H2,1-2H3;1H. The second-order valence-corrected chi connectivity index (χ2v) is 6.94. The quantitative estimate of drug-likeness (QED) is 0.831. The first-order valence-corrected chi connectivity index (χ1v) is 8.36. The molecule has 1 atom stereocenters. The maximum Gasteiger partial charge on any atom is 0.240 e. The number of sulfonamides is 1. The number of methoxy groups -OCH3 is 1. The molecule has 21 heavy (non-hydrogen) atoms. The van der Waals surface area contributed by atoms with Crippen molar-refractivity contribution >= 4 is 22.4 Å². The molecule has 0 amide bonds. The lowest BCUT2D eigenvalue weighted by Crippen LogP contribution is -2.26. The van der Waals surface area contributed by atoms with Crippen LogP contribution in [0.1, 0.15) is 18.4 Å². The molecule has 2 N–H and O–H groups in total. The van der Waals surface area contributed by atoms with Crippen LogP contribution < -0.4 is 14.8 Å². The van der Waals surface area contributed by atoms with Crippen LogP contribution in [0.4, 0.5) is 0 Å². The van der Waals surface area contributed by atoms with E-state index in [0.717, 1.165) is 31.5 Å². The number of rotatable bonds is 6. The molecule has 0 spiro atoms. The van der Waals surface area contributed by atoms with Crippen LogP contribution in [0, 0.1) is 12.8 Å². The molecule has 0 aliphatic carbocycles. The number of benzene rings is 1.